The van der Waals surface area contributed by atoms with E-state index in [2.05, 4.69) is 37.6 Å². The van der Waals surface area contributed by atoms with Crippen LogP contribution in [0.2, 0.25) is 0 Å². The fourth-order valence-electron chi connectivity index (χ4n) is 4.22. The number of nitrogens with one attached hydrogen (secondary N) is 1. The summed E-state index contributed by atoms with van der Waals surface area (Å²) in [6, 6.07) is 0.687. The van der Waals surface area contributed by atoms with Gasteiger partial charge >= 0.3 is 0 Å². The van der Waals surface area contributed by atoms with E-state index >= 15 is 0 Å². The van der Waals surface area contributed by atoms with Gasteiger partial charge in [-0.05, 0) is 18.8 Å². The molecule has 1 N–H and O–H groups in total. The van der Waals surface area contributed by atoms with Gasteiger partial charge in [-0.15, -0.1) is 0 Å². The molecule has 0 saturated heterocycles. The molecule has 3 nitrogen and oxygen atoms in total. The standard InChI is InChI=1S/C18H31N3/c1-5-13-8-6-7-9-15(13)21-16-10-11-19-12-14(16)20-17(21)18(2,3)4/h13,15,19H,5-12H2,1-4H3. The molecule has 0 aromatic carbocycles. The van der Waals surface area contributed by atoms with E-state index in [0.717, 1.165) is 25.4 Å². The van der Waals surface area contributed by atoms with Crippen LogP contribution in [0.4, 0.5) is 0 Å². The lowest BCUT2D eigenvalue weighted by Gasteiger charge is -2.36. The van der Waals surface area contributed by atoms with Gasteiger partial charge in [0.2, 0.25) is 0 Å². The van der Waals surface area contributed by atoms with Crippen LogP contribution in [0.1, 0.15) is 83.1 Å². The summed E-state index contributed by atoms with van der Waals surface area (Å²) in [4.78, 5) is 5.07. The first-order valence-electron chi connectivity index (χ1n) is 8.83. The highest BCUT2D eigenvalue weighted by molar-refractivity contribution is 5.25. The first kappa shape index (κ1) is 15.1. The third kappa shape index (κ3) is 2.77. The van der Waals surface area contributed by atoms with E-state index in [-0.39, 0.29) is 5.41 Å². The van der Waals surface area contributed by atoms with E-state index < -0.39 is 0 Å². The van der Waals surface area contributed by atoms with Crippen LogP contribution in [-0.2, 0) is 18.4 Å². The molecule has 118 valence electrons. The minimum absolute atomic E-state index is 0.132. The lowest BCUT2D eigenvalue weighted by molar-refractivity contribution is 0.218. The van der Waals surface area contributed by atoms with Gasteiger partial charge in [0, 0.05) is 36.7 Å². The molecule has 2 unspecified atom stereocenters. The quantitative estimate of drug-likeness (QED) is 0.893. The Balaban J connectivity index is 2.08. The second-order valence-electron chi connectivity index (χ2n) is 7.90. The Bertz CT molecular complexity index is 495. The normalized spacial score (nSPS) is 26.7. The zero-order valence-electron chi connectivity index (χ0n) is 14.2. The molecule has 1 aliphatic heterocycles. The Morgan fingerprint density at radius 3 is 2.71 bits per heavy atom. The van der Waals surface area contributed by atoms with Crippen molar-refractivity contribution in [1.29, 1.82) is 0 Å². The topological polar surface area (TPSA) is 29.9 Å². The zero-order chi connectivity index (χ0) is 15.0. The molecule has 1 aromatic rings. The van der Waals surface area contributed by atoms with Gasteiger partial charge in [-0.25, -0.2) is 4.98 Å². The molecule has 3 heteroatoms. The van der Waals surface area contributed by atoms with Gasteiger partial charge in [-0.2, -0.15) is 0 Å². The molecular formula is C18H31N3. The molecule has 1 aromatic heterocycles. The van der Waals surface area contributed by atoms with Crippen molar-refractivity contribution in [1.82, 2.24) is 14.9 Å². The Hall–Kier alpha value is -0.830. The molecule has 0 spiro atoms. The van der Waals surface area contributed by atoms with Crippen LogP contribution in [0.15, 0.2) is 0 Å². The van der Waals surface area contributed by atoms with E-state index in [1.807, 2.05) is 0 Å². The first-order valence-corrected chi connectivity index (χ1v) is 8.83. The minimum atomic E-state index is 0.132. The molecule has 0 bridgehead atoms. The average Bonchev–Trinajstić information content (AvgIpc) is 2.86. The molecule has 21 heavy (non-hydrogen) atoms. The summed E-state index contributed by atoms with van der Waals surface area (Å²) in [5.41, 5.74) is 2.98. The van der Waals surface area contributed by atoms with Crippen molar-refractivity contribution in [2.45, 2.75) is 84.2 Å². The molecule has 2 atom stereocenters. The van der Waals surface area contributed by atoms with Gasteiger partial charge < -0.3 is 9.88 Å². The average molecular weight is 289 g/mol. The molecule has 3 rings (SSSR count). The smallest absolute Gasteiger partial charge is 0.114 e. The highest BCUT2D eigenvalue weighted by Gasteiger charge is 2.34. The predicted molar refractivity (Wildman–Crippen MR) is 87.6 cm³/mol. The number of hydrogen-bond acceptors (Lipinski definition) is 2. The van der Waals surface area contributed by atoms with Crippen molar-refractivity contribution in [2.75, 3.05) is 6.54 Å². The summed E-state index contributed by atoms with van der Waals surface area (Å²) in [6.45, 7) is 11.4. The van der Waals surface area contributed by atoms with E-state index in [4.69, 9.17) is 4.98 Å². The first-order chi connectivity index (χ1) is 10.0. The van der Waals surface area contributed by atoms with Gasteiger partial charge in [0.15, 0.2) is 0 Å². The molecule has 0 amide bonds. The lowest BCUT2D eigenvalue weighted by atomic mass is 9.81. The third-order valence-electron chi connectivity index (χ3n) is 5.32. The maximum Gasteiger partial charge on any atom is 0.114 e. The summed E-state index contributed by atoms with van der Waals surface area (Å²) in [7, 11) is 0. The summed E-state index contributed by atoms with van der Waals surface area (Å²) in [5.74, 6) is 2.16. The highest BCUT2D eigenvalue weighted by atomic mass is 15.2. The van der Waals surface area contributed by atoms with Crippen LogP contribution < -0.4 is 5.32 Å². The Kier molecular flexibility index (Phi) is 4.13. The minimum Gasteiger partial charge on any atom is -0.328 e. The fourth-order valence-corrected chi connectivity index (χ4v) is 4.22. The van der Waals surface area contributed by atoms with Gasteiger partial charge in [-0.1, -0.05) is 47.0 Å². The van der Waals surface area contributed by atoms with E-state index in [9.17, 15) is 0 Å². The zero-order valence-corrected chi connectivity index (χ0v) is 14.2. The number of nitrogens with zero attached hydrogens (tertiary/aromatic N) is 2. The Morgan fingerprint density at radius 1 is 1.24 bits per heavy atom. The number of fused-ring (bicyclic) bond motifs is 1. The Labute approximate surface area is 129 Å². The van der Waals surface area contributed by atoms with E-state index in [0.29, 0.717) is 6.04 Å². The van der Waals surface area contributed by atoms with Gasteiger partial charge in [-0.3, -0.25) is 0 Å². The van der Waals surface area contributed by atoms with Gasteiger partial charge in [0.25, 0.3) is 0 Å². The van der Waals surface area contributed by atoms with E-state index in [1.165, 1.54) is 49.3 Å². The maximum atomic E-state index is 5.07. The molecule has 2 aliphatic rings. The van der Waals surface area contributed by atoms with E-state index in [1.54, 1.807) is 0 Å². The largest absolute Gasteiger partial charge is 0.328 e. The fraction of sp³-hybridized carbons (Fsp3) is 0.833. The summed E-state index contributed by atoms with van der Waals surface area (Å²) in [5, 5.41) is 3.49. The lowest BCUT2D eigenvalue weighted by Crippen LogP contribution is -2.31. The number of imidazole rings is 1. The van der Waals surface area contributed by atoms with Crippen molar-refractivity contribution in [2.24, 2.45) is 5.92 Å². The number of aromatic nitrogens is 2. The third-order valence-corrected chi connectivity index (χ3v) is 5.32. The molecule has 1 saturated carbocycles. The van der Waals surface area contributed by atoms with Crippen molar-refractivity contribution in [3.05, 3.63) is 17.2 Å². The second kappa shape index (κ2) is 5.75. The highest BCUT2D eigenvalue weighted by Crippen LogP contribution is 2.40. The predicted octanol–water partition coefficient (Wildman–Crippen LogP) is 3.97. The van der Waals surface area contributed by atoms with Crippen molar-refractivity contribution < 1.29 is 0 Å². The second-order valence-corrected chi connectivity index (χ2v) is 7.90. The van der Waals surface area contributed by atoms with Crippen molar-refractivity contribution >= 4 is 0 Å². The molecular weight excluding hydrogens is 258 g/mol. The summed E-state index contributed by atoms with van der Waals surface area (Å²) < 4.78 is 2.68. The molecule has 2 heterocycles. The molecule has 1 aliphatic carbocycles. The van der Waals surface area contributed by atoms with Crippen LogP contribution in [0.25, 0.3) is 0 Å². The van der Waals surface area contributed by atoms with Crippen LogP contribution in [-0.4, -0.2) is 16.1 Å². The van der Waals surface area contributed by atoms with Gasteiger partial charge in [0.05, 0.1) is 5.69 Å². The SMILES string of the molecule is CCC1CCCCC1n1c(C(C)(C)C)nc2c1CCNC2. The van der Waals surface area contributed by atoms with Gasteiger partial charge in [0.1, 0.15) is 5.82 Å². The molecule has 0 radical (unpaired) electrons. The monoisotopic (exact) mass is 289 g/mol. The summed E-state index contributed by atoms with van der Waals surface area (Å²) in [6.07, 6.45) is 7.99. The van der Waals surface area contributed by atoms with Crippen LogP contribution in [0.3, 0.4) is 0 Å². The van der Waals surface area contributed by atoms with Crippen molar-refractivity contribution in [3.63, 3.8) is 0 Å². The van der Waals surface area contributed by atoms with Crippen LogP contribution >= 0.6 is 0 Å². The van der Waals surface area contributed by atoms with Crippen molar-refractivity contribution in [3.8, 4) is 0 Å². The molecule has 1 fully saturated rings. The number of hydrogen-bond donors (Lipinski definition) is 1. The summed E-state index contributed by atoms with van der Waals surface area (Å²) >= 11 is 0. The van der Waals surface area contributed by atoms with Crippen LogP contribution in [0.5, 0.6) is 0 Å². The number of rotatable bonds is 2. The maximum absolute atomic E-state index is 5.07. The Morgan fingerprint density at radius 2 is 2.00 bits per heavy atom. The van der Waals surface area contributed by atoms with Crippen LogP contribution in [0, 0.1) is 5.92 Å².